The van der Waals surface area contributed by atoms with Crippen molar-refractivity contribution >= 4 is 12.1 Å². The summed E-state index contributed by atoms with van der Waals surface area (Å²) >= 11 is 0. The van der Waals surface area contributed by atoms with Crippen molar-refractivity contribution in [2.75, 3.05) is 21.3 Å². The first-order valence-corrected chi connectivity index (χ1v) is 7.89. The van der Waals surface area contributed by atoms with Gasteiger partial charge in [-0.25, -0.2) is 5.43 Å². The minimum Gasteiger partial charge on any atom is -0.496 e. The minimum absolute atomic E-state index is 0.179. The molecule has 0 aliphatic carbocycles. The average Bonchev–Trinajstić information content (AvgIpc) is 3.38. The molecule has 2 N–H and O–H groups in total. The van der Waals surface area contributed by atoms with Gasteiger partial charge in [-0.3, -0.25) is 9.89 Å². The van der Waals surface area contributed by atoms with Gasteiger partial charge in [0, 0.05) is 17.7 Å². The second-order valence-corrected chi connectivity index (χ2v) is 5.29. The molecule has 0 bridgehead atoms. The summed E-state index contributed by atoms with van der Waals surface area (Å²) < 4.78 is 21.0. The van der Waals surface area contributed by atoms with E-state index in [2.05, 4.69) is 20.7 Å². The van der Waals surface area contributed by atoms with Crippen LogP contribution in [0.25, 0.3) is 11.5 Å². The van der Waals surface area contributed by atoms with Gasteiger partial charge >= 0.3 is 0 Å². The molecule has 1 aromatic carbocycles. The highest BCUT2D eigenvalue weighted by atomic mass is 16.5. The smallest absolute Gasteiger partial charge is 0.291 e. The Labute approximate surface area is 154 Å². The van der Waals surface area contributed by atoms with Crippen LogP contribution in [0.5, 0.6) is 17.2 Å². The zero-order valence-corrected chi connectivity index (χ0v) is 15.0. The van der Waals surface area contributed by atoms with E-state index in [1.54, 1.807) is 30.3 Å². The number of hydrogen-bond donors (Lipinski definition) is 2. The minimum atomic E-state index is -0.472. The van der Waals surface area contributed by atoms with Gasteiger partial charge in [-0.1, -0.05) is 0 Å². The number of aromatic amines is 1. The van der Waals surface area contributed by atoms with Crippen molar-refractivity contribution in [3.05, 3.63) is 47.9 Å². The number of carbonyl (C=O) groups excluding carboxylic acids is 1. The Bertz CT molecular complexity index is 947. The highest BCUT2D eigenvalue weighted by molar-refractivity contribution is 5.94. The van der Waals surface area contributed by atoms with Crippen molar-refractivity contribution in [1.29, 1.82) is 0 Å². The number of hydrazone groups is 1. The SMILES string of the molecule is COc1cc(OC)c(OC)cc1C=NNC(=O)c1cc(-c2ccco2)[nH]n1. The summed E-state index contributed by atoms with van der Waals surface area (Å²) in [6, 6.07) is 8.44. The zero-order valence-electron chi connectivity index (χ0n) is 15.0. The lowest BCUT2D eigenvalue weighted by molar-refractivity contribution is 0.0950. The molecule has 2 aromatic heterocycles. The third-order valence-corrected chi connectivity index (χ3v) is 3.70. The quantitative estimate of drug-likeness (QED) is 0.488. The number of nitrogens with one attached hydrogen (secondary N) is 2. The van der Waals surface area contributed by atoms with Gasteiger partial charge in [-0.15, -0.1) is 0 Å². The second-order valence-electron chi connectivity index (χ2n) is 5.29. The number of H-pyrrole nitrogens is 1. The summed E-state index contributed by atoms with van der Waals surface area (Å²) in [6.07, 6.45) is 2.98. The zero-order chi connectivity index (χ0) is 19.2. The number of hydrogen-bond acceptors (Lipinski definition) is 7. The number of benzene rings is 1. The normalized spacial score (nSPS) is 10.8. The lowest BCUT2D eigenvalue weighted by Gasteiger charge is -2.11. The first-order valence-electron chi connectivity index (χ1n) is 7.89. The molecule has 3 aromatic rings. The van der Waals surface area contributed by atoms with Crippen LogP contribution >= 0.6 is 0 Å². The molecular weight excluding hydrogens is 352 g/mol. The number of aromatic nitrogens is 2. The maximum atomic E-state index is 12.2. The van der Waals surface area contributed by atoms with Gasteiger partial charge in [0.25, 0.3) is 5.91 Å². The third kappa shape index (κ3) is 3.92. The van der Waals surface area contributed by atoms with Gasteiger partial charge in [0.15, 0.2) is 23.0 Å². The Morgan fingerprint density at radius 2 is 1.89 bits per heavy atom. The molecule has 0 saturated heterocycles. The van der Waals surface area contributed by atoms with Crippen LogP contribution in [-0.4, -0.2) is 43.6 Å². The summed E-state index contributed by atoms with van der Waals surface area (Å²) in [7, 11) is 4.59. The predicted octanol–water partition coefficient (Wildman–Crippen LogP) is 2.46. The largest absolute Gasteiger partial charge is 0.496 e. The van der Waals surface area contributed by atoms with E-state index >= 15 is 0 Å². The molecule has 9 nitrogen and oxygen atoms in total. The molecule has 0 aliphatic heterocycles. The molecular formula is C18H18N4O5. The Kier molecular flexibility index (Phi) is 5.41. The van der Waals surface area contributed by atoms with E-state index in [1.807, 2.05) is 0 Å². The summed E-state index contributed by atoms with van der Waals surface area (Å²) in [5, 5.41) is 10.6. The van der Waals surface area contributed by atoms with E-state index in [4.69, 9.17) is 18.6 Å². The van der Waals surface area contributed by atoms with Crippen LogP contribution in [0, 0.1) is 0 Å². The first-order chi connectivity index (χ1) is 13.2. The van der Waals surface area contributed by atoms with E-state index in [-0.39, 0.29) is 5.69 Å². The molecule has 9 heteroatoms. The Hall–Kier alpha value is -3.75. The van der Waals surface area contributed by atoms with Crippen LogP contribution < -0.4 is 19.6 Å². The topological polar surface area (TPSA) is 111 Å². The van der Waals surface area contributed by atoms with Crippen molar-refractivity contribution < 1.29 is 23.4 Å². The maximum Gasteiger partial charge on any atom is 0.291 e. The molecule has 0 spiro atoms. The van der Waals surface area contributed by atoms with E-state index < -0.39 is 5.91 Å². The van der Waals surface area contributed by atoms with Crippen molar-refractivity contribution in [3.8, 4) is 28.7 Å². The number of nitrogens with zero attached hydrogens (tertiary/aromatic N) is 2. The molecule has 0 unspecified atom stereocenters. The number of methoxy groups -OCH3 is 3. The van der Waals surface area contributed by atoms with Crippen molar-refractivity contribution in [2.45, 2.75) is 0 Å². The molecule has 0 atom stereocenters. The lowest BCUT2D eigenvalue weighted by atomic mass is 10.2. The van der Waals surface area contributed by atoms with Crippen LogP contribution in [0.4, 0.5) is 0 Å². The standard InChI is InChI=1S/C18H18N4O5/c1-24-15-9-17(26-3)16(25-2)7-11(15)10-19-22-18(23)13-8-12(20-21-13)14-5-4-6-27-14/h4-10H,1-3H3,(H,20,21)(H,22,23). The molecule has 0 radical (unpaired) electrons. The predicted molar refractivity (Wildman–Crippen MR) is 97.4 cm³/mol. The fraction of sp³-hybridized carbons (Fsp3) is 0.167. The number of amides is 1. The van der Waals surface area contributed by atoms with Crippen molar-refractivity contribution in [2.24, 2.45) is 5.10 Å². The monoisotopic (exact) mass is 370 g/mol. The van der Waals surface area contributed by atoms with Crippen LogP contribution in [0.15, 0.2) is 46.1 Å². The molecule has 0 saturated carbocycles. The van der Waals surface area contributed by atoms with Crippen LogP contribution in [0.2, 0.25) is 0 Å². The van der Waals surface area contributed by atoms with Gasteiger partial charge < -0.3 is 18.6 Å². The van der Waals surface area contributed by atoms with Gasteiger partial charge in [-0.05, 0) is 18.2 Å². The van der Waals surface area contributed by atoms with Gasteiger partial charge in [0.2, 0.25) is 0 Å². The molecule has 27 heavy (non-hydrogen) atoms. The fourth-order valence-electron chi connectivity index (χ4n) is 2.37. The van der Waals surface area contributed by atoms with Crippen LogP contribution in [0.3, 0.4) is 0 Å². The van der Waals surface area contributed by atoms with Gasteiger partial charge in [-0.2, -0.15) is 10.2 Å². The number of furan rings is 1. The molecule has 0 aliphatic rings. The number of rotatable bonds is 7. The third-order valence-electron chi connectivity index (χ3n) is 3.70. The van der Waals surface area contributed by atoms with Crippen molar-refractivity contribution in [1.82, 2.24) is 15.6 Å². The average molecular weight is 370 g/mol. The van der Waals surface area contributed by atoms with Crippen LogP contribution in [-0.2, 0) is 0 Å². The summed E-state index contributed by atoms with van der Waals surface area (Å²) in [5.41, 5.74) is 3.79. The molecule has 3 rings (SSSR count). The first kappa shape index (κ1) is 18.1. The van der Waals surface area contributed by atoms with Gasteiger partial charge in [0.1, 0.15) is 11.4 Å². The summed E-state index contributed by atoms with van der Waals surface area (Å²) in [5.74, 6) is 1.67. The Balaban J connectivity index is 1.72. The summed E-state index contributed by atoms with van der Waals surface area (Å²) in [4.78, 5) is 12.2. The van der Waals surface area contributed by atoms with E-state index in [9.17, 15) is 4.79 Å². The fourth-order valence-corrected chi connectivity index (χ4v) is 2.37. The van der Waals surface area contributed by atoms with E-state index in [1.165, 1.54) is 33.8 Å². The van der Waals surface area contributed by atoms with Crippen molar-refractivity contribution in [3.63, 3.8) is 0 Å². The molecule has 140 valence electrons. The summed E-state index contributed by atoms with van der Waals surface area (Å²) in [6.45, 7) is 0. The molecule has 1 amide bonds. The molecule has 0 fully saturated rings. The lowest BCUT2D eigenvalue weighted by Crippen LogP contribution is -2.18. The number of carbonyl (C=O) groups is 1. The van der Waals surface area contributed by atoms with Gasteiger partial charge in [0.05, 0.1) is 33.8 Å². The Morgan fingerprint density at radius 3 is 2.56 bits per heavy atom. The highest BCUT2D eigenvalue weighted by Crippen LogP contribution is 2.33. The number of ether oxygens (including phenoxy) is 3. The maximum absolute atomic E-state index is 12.2. The van der Waals surface area contributed by atoms with E-state index in [0.717, 1.165) is 0 Å². The Morgan fingerprint density at radius 1 is 1.15 bits per heavy atom. The van der Waals surface area contributed by atoms with Crippen LogP contribution in [0.1, 0.15) is 16.1 Å². The second kappa shape index (κ2) is 8.09. The highest BCUT2D eigenvalue weighted by Gasteiger charge is 2.13. The van der Waals surface area contributed by atoms with E-state index in [0.29, 0.717) is 34.3 Å². The molecule has 2 heterocycles.